The maximum absolute atomic E-state index is 9.73. The van der Waals surface area contributed by atoms with E-state index in [1.807, 2.05) is 0 Å². The van der Waals surface area contributed by atoms with E-state index < -0.39 is 0 Å². The van der Waals surface area contributed by atoms with Crippen molar-refractivity contribution in [2.45, 2.75) is 31.7 Å². The molecule has 0 amide bonds. The number of nitrogens with two attached hydrogens (primary N) is 1. The van der Waals surface area contributed by atoms with Crippen LogP contribution in [-0.2, 0) is 0 Å². The van der Waals surface area contributed by atoms with Crippen molar-refractivity contribution in [1.82, 2.24) is 0 Å². The molecule has 1 fully saturated rings. The molecule has 2 nitrogen and oxygen atoms in total. The monoisotopic (exact) mass is 261 g/mol. The zero-order valence-corrected chi connectivity index (χ0v) is 10.6. The van der Waals surface area contributed by atoms with E-state index in [0.717, 1.165) is 18.4 Å². The summed E-state index contributed by atoms with van der Waals surface area (Å²) in [4.78, 5) is 0. The first-order chi connectivity index (χ1) is 7.18. The van der Waals surface area contributed by atoms with Crippen molar-refractivity contribution >= 4 is 24.0 Å². The topological polar surface area (TPSA) is 46.2 Å². The van der Waals surface area contributed by atoms with Crippen LogP contribution in [0.3, 0.4) is 0 Å². The Morgan fingerprint density at radius 3 is 2.56 bits per heavy atom. The smallest absolute Gasteiger partial charge is 0.120 e. The first kappa shape index (κ1) is 13.6. The van der Waals surface area contributed by atoms with Gasteiger partial charge in [0, 0.05) is 16.6 Å². The molecular weight excluding hydrogens is 245 g/mol. The van der Waals surface area contributed by atoms with Crippen molar-refractivity contribution < 1.29 is 5.11 Å². The summed E-state index contributed by atoms with van der Waals surface area (Å²) >= 11 is 5.90. The Bertz CT molecular complexity index is 351. The molecule has 0 aromatic heterocycles. The third kappa shape index (κ3) is 2.82. The van der Waals surface area contributed by atoms with Crippen LogP contribution >= 0.6 is 24.0 Å². The van der Waals surface area contributed by atoms with Crippen molar-refractivity contribution in [1.29, 1.82) is 0 Å². The van der Waals surface area contributed by atoms with Gasteiger partial charge in [0.05, 0.1) is 0 Å². The van der Waals surface area contributed by atoms with E-state index in [9.17, 15) is 5.11 Å². The quantitative estimate of drug-likeness (QED) is 0.854. The van der Waals surface area contributed by atoms with Crippen molar-refractivity contribution in [3.63, 3.8) is 0 Å². The zero-order valence-electron chi connectivity index (χ0n) is 9.03. The van der Waals surface area contributed by atoms with Crippen LogP contribution in [0.4, 0.5) is 0 Å². The highest BCUT2D eigenvalue weighted by molar-refractivity contribution is 6.30. The van der Waals surface area contributed by atoms with Gasteiger partial charge in [0.1, 0.15) is 5.75 Å². The predicted octanol–water partition coefficient (Wildman–Crippen LogP) is 3.66. The van der Waals surface area contributed by atoms with Gasteiger partial charge < -0.3 is 10.8 Å². The van der Waals surface area contributed by atoms with Crippen molar-refractivity contribution in [2.24, 2.45) is 11.7 Å². The summed E-state index contributed by atoms with van der Waals surface area (Å²) in [5.41, 5.74) is 6.94. The minimum Gasteiger partial charge on any atom is -0.508 e. The van der Waals surface area contributed by atoms with Crippen LogP contribution in [0.15, 0.2) is 18.2 Å². The number of rotatable bonds is 2. The Labute approximate surface area is 107 Å². The number of benzene rings is 1. The molecule has 1 aromatic carbocycles. The maximum atomic E-state index is 9.73. The summed E-state index contributed by atoms with van der Waals surface area (Å²) in [6.45, 7) is 0. The van der Waals surface area contributed by atoms with Gasteiger partial charge in [-0.05, 0) is 37.0 Å². The predicted molar refractivity (Wildman–Crippen MR) is 69.3 cm³/mol. The molecule has 0 aliphatic heterocycles. The summed E-state index contributed by atoms with van der Waals surface area (Å²) in [5, 5.41) is 10.4. The van der Waals surface area contributed by atoms with Crippen molar-refractivity contribution in [3.8, 4) is 5.75 Å². The van der Waals surface area contributed by atoms with Crippen LogP contribution < -0.4 is 5.73 Å². The Hall–Kier alpha value is -0.440. The minimum absolute atomic E-state index is 0. The van der Waals surface area contributed by atoms with Gasteiger partial charge in [-0.1, -0.05) is 24.4 Å². The fourth-order valence-electron chi connectivity index (χ4n) is 2.36. The van der Waals surface area contributed by atoms with Crippen LogP contribution in [0, 0.1) is 5.92 Å². The molecule has 2 rings (SSSR count). The van der Waals surface area contributed by atoms with Gasteiger partial charge in [0.15, 0.2) is 0 Å². The second-order valence-electron chi connectivity index (χ2n) is 4.27. The SMILES string of the molecule is Cl.N[C@H](c1cc(Cl)ccc1O)C1CCCC1. The van der Waals surface area contributed by atoms with Crippen LogP contribution in [0.2, 0.25) is 5.02 Å². The Kier molecular flexibility index (Phi) is 4.90. The van der Waals surface area contributed by atoms with Crippen molar-refractivity contribution in [3.05, 3.63) is 28.8 Å². The highest BCUT2D eigenvalue weighted by Gasteiger charge is 2.25. The highest BCUT2D eigenvalue weighted by atomic mass is 35.5. The van der Waals surface area contributed by atoms with Crippen molar-refractivity contribution in [2.75, 3.05) is 0 Å². The average Bonchev–Trinajstić information content (AvgIpc) is 2.74. The normalized spacial score (nSPS) is 18.1. The van der Waals surface area contributed by atoms with E-state index in [4.69, 9.17) is 17.3 Å². The van der Waals surface area contributed by atoms with Gasteiger partial charge in [0.2, 0.25) is 0 Å². The molecule has 3 N–H and O–H groups in total. The van der Waals surface area contributed by atoms with Gasteiger partial charge >= 0.3 is 0 Å². The molecule has 0 radical (unpaired) electrons. The number of hydrogen-bond donors (Lipinski definition) is 2. The number of phenolic OH excluding ortho intramolecular Hbond substituents is 1. The zero-order chi connectivity index (χ0) is 10.8. The molecule has 1 aliphatic rings. The lowest BCUT2D eigenvalue weighted by molar-refractivity contribution is 0.412. The van der Waals surface area contributed by atoms with Crippen LogP contribution in [0.1, 0.15) is 37.3 Å². The Morgan fingerprint density at radius 2 is 1.94 bits per heavy atom. The Balaban J connectivity index is 0.00000128. The lowest BCUT2D eigenvalue weighted by Gasteiger charge is -2.20. The molecule has 1 aliphatic carbocycles. The standard InChI is InChI=1S/C12H16ClNO.ClH/c13-9-5-6-11(15)10(7-9)12(14)8-3-1-2-4-8;/h5-8,12,15H,1-4,14H2;1H/t12-;/m0./s1. The second kappa shape index (κ2) is 5.76. The van der Waals surface area contributed by atoms with E-state index >= 15 is 0 Å². The molecule has 16 heavy (non-hydrogen) atoms. The summed E-state index contributed by atoms with van der Waals surface area (Å²) < 4.78 is 0. The highest BCUT2D eigenvalue weighted by Crippen LogP contribution is 2.37. The molecule has 0 spiro atoms. The summed E-state index contributed by atoms with van der Waals surface area (Å²) in [5.74, 6) is 0.758. The van der Waals surface area contributed by atoms with E-state index in [1.54, 1.807) is 18.2 Å². The number of aromatic hydroxyl groups is 1. The van der Waals surface area contributed by atoms with E-state index in [2.05, 4.69) is 0 Å². The summed E-state index contributed by atoms with van der Waals surface area (Å²) in [7, 11) is 0. The molecule has 4 heteroatoms. The molecule has 90 valence electrons. The fraction of sp³-hybridized carbons (Fsp3) is 0.500. The maximum Gasteiger partial charge on any atom is 0.120 e. The van der Waals surface area contributed by atoms with Gasteiger partial charge in [-0.25, -0.2) is 0 Å². The van der Waals surface area contributed by atoms with Gasteiger partial charge in [-0.15, -0.1) is 12.4 Å². The van der Waals surface area contributed by atoms with Gasteiger partial charge in [-0.3, -0.25) is 0 Å². The van der Waals surface area contributed by atoms with E-state index in [1.165, 1.54) is 12.8 Å². The molecule has 0 heterocycles. The van der Waals surface area contributed by atoms with Crippen LogP contribution in [0.25, 0.3) is 0 Å². The largest absolute Gasteiger partial charge is 0.508 e. The lowest BCUT2D eigenvalue weighted by Crippen LogP contribution is -2.19. The third-order valence-electron chi connectivity index (χ3n) is 3.26. The van der Waals surface area contributed by atoms with Crippen LogP contribution in [0.5, 0.6) is 5.75 Å². The van der Waals surface area contributed by atoms with Gasteiger partial charge in [0.25, 0.3) is 0 Å². The van der Waals surface area contributed by atoms with E-state index in [0.29, 0.717) is 10.9 Å². The molecular formula is C12H17Cl2NO. The first-order valence-electron chi connectivity index (χ1n) is 5.42. The fourth-order valence-corrected chi connectivity index (χ4v) is 2.54. The third-order valence-corrected chi connectivity index (χ3v) is 3.49. The first-order valence-corrected chi connectivity index (χ1v) is 5.80. The number of hydrogen-bond acceptors (Lipinski definition) is 2. The van der Waals surface area contributed by atoms with E-state index in [-0.39, 0.29) is 24.2 Å². The van der Waals surface area contributed by atoms with Crippen LogP contribution in [-0.4, -0.2) is 5.11 Å². The molecule has 0 bridgehead atoms. The second-order valence-corrected chi connectivity index (χ2v) is 4.71. The summed E-state index contributed by atoms with van der Waals surface area (Å²) in [6, 6.07) is 5.00. The average molecular weight is 262 g/mol. The minimum atomic E-state index is -0.0776. The number of halogens is 2. The lowest BCUT2D eigenvalue weighted by atomic mass is 9.92. The molecule has 1 atom stereocenters. The molecule has 1 aromatic rings. The molecule has 0 unspecified atom stereocenters. The van der Waals surface area contributed by atoms with Gasteiger partial charge in [-0.2, -0.15) is 0 Å². The molecule has 0 saturated heterocycles. The summed E-state index contributed by atoms with van der Waals surface area (Å²) in [6.07, 6.45) is 4.82. The Morgan fingerprint density at radius 1 is 1.31 bits per heavy atom. The molecule has 1 saturated carbocycles. The number of phenols is 1.